The molecule has 0 heterocycles. The van der Waals surface area contributed by atoms with Crippen LogP contribution in [0.15, 0.2) is 47.4 Å². The first-order valence-electron chi connectivity index (χ1n) is 7.36. The van der Waals surface area contributed by atoms with Gasteiger partial charge in [-0.2, -0.15) is 0 Å². The van der Waals surface area contributed by atoms with Gasteiger partial charge in [-0.1, -0.05) is 18.2 Å². The van der Waals surface area contributed by atoms with Gasteiger partial charge in [0.15, 0.2) is 5.78 Å². The number of fused-ring (bicyclic) bond motifs is 1. The number of hydrogen-bond acceptors (Lipinski definition) is 7. The van der Waals surface area contributed by atoms with Crippen molar-refractivity contribution in [3.8, 4) is 5.75 Å². The Morgan fingerprint density at radius 3 is 2.68 bits per heavy atom. The van der Waals surface area contributed by atoms with Crippen molar-refractivity contribution in [2.24, 2.45) is 0 Å². The van der Waals surface area contributed by atoms with E-state index in [2.05, 4.69) is 0 Å². The molecule has 0 spiro atoms. The summed E-state index contributed by atoms with van der Waals surface area (Å²) in [6, 6.07) is 10.8. The van der Waals surface area contributed by atoms with E-state index in [1.165, 1.54) is 25.3 Å². The van der Waals surface area contributed by atoms with Crippen LogP contribution in [0.1, 0.15) is 22.3 Å². The van der Waals surface area contributed by atoms with E-state index in [1.807, 2.05) is 6.07 Å². The van der Waals surface area contributed by atoms with Crippen LogP contribution >= 0.6 is 18.2 Å². The number of non-ortho nitro benzene ring substituents is 1. The largest absolute Gasteiger partial charge is 0.444 e. The topological polar surface area (TPSA) is 95.7 Å². The molecule has 0 saturated carbocycles. The zero-order valence-corrected chi connectivity index (χ0v) is 14.9. The molecule has 2 aromatic carbocycles. The average Bonchev–Trinajstić information content (AvgIpc) is 2.97. The fourth-order valence-corrected chi connectivity index (χ4v) is 5.39. The highest BCUT2D eigenvalue weighted by molar-refractivity contribution is 8.55. The molecule has 0 aromatic heterocycles. The molecule has 0 saturated heterocycles. The first kappa shape index (κ1) is 17.7. The Morgan fingerprint density at radius 2 is 1.96 bits per heavy atom. The number of nitro groups is 1. The van der Waals surface area contributed by atoms with Crippen molar-refractivity contribution in [3.05, 3.63) is 63.7 Å². The van der Waals surface area contributed by atoms with Crippen LogP contribution in [0.3, 0.4) is 0 Å². The number of rotatable bonds is 6. The van der Waals surface area contributed by atoms with Crippen LogP contribution in [0.4, 0.5) is 5.69 Å². The Bertz CT molecular complexity index is 900. The lowest BCUT2D eigenvalue weighted by Gasteiger charge is -2.18. The van der Waals surface area contributed by atoms with E-state index in [0.717, 1.165) is 16.9 Å². The van der Waals surface area contributed by atoms with Gasteiger partial charge in [0, 0.05) is 41.9 Å². The van der Waals surface area contributed by atoms with Gasteiger partial charge in [0.25, 0.3) is 5.69 Å². The van der Waals surface area contributed by atoms with Crippen molar-refractivity contribution in [2.45, 2.75) is 17.7 Å². The number of nitrogens with zero attached hydrogens (tertiary/aromatic N) is 1. The van der Waals surface area contributed by atoms with E-state index >= 15 is 0 Å². The molecule has 1 atom stereocenters. The molecule has 7 nitrogen and oxygen atoms in total. The molecule has 25 heavy (non-hydrogen) atoms. The minimum atomic E-state index is -3.71. The molecule has 9 heteroatoms. The van der Waals surface area contributed by atoms with Gasteiger partial charge in [0.2, 0.25) is 0 Å². The lowest BCUT2D eigenvalue weighted by molar-refractivity contribution is -0.385. The van der Waals surface area contributed by atoms with Crippen molar-refractivity contribution in [1.29, 1.82) is 0 Å². The molecule has 1 aliphatic carbocycles. The van der Waals surface area contributed by atoms with Crippen LogP contribution < -0.4 is 4.52 Å². The molecule has 2 aromatic rings. The predicted octanol–water partition coefficient (Wildman–Crippen LogP) is 4.65. The zero-order valence-electron chi connectivity index (χ0n) is 13.2. The predicted molar refractivity (Wildman–Crippen MR) is 93.3 cm³/mol. The molecule has 0 amide bonds. The third-order valence-electron chi connectivity index (χ3n) is 3.69. The summed E-state index contributed by atoms with van der Waals surface area (Å²) in [5, 5.41) is 10.9. The van der Waals surface area contributed by atoms with Crippen LogP contribution in [0.25, 0.3) is 0 Å². The third-order valence-corrected chi connectivity index (χ3v) is 7.22. The number of carbonyl (C=O) groups is 1. The molecule has 0 N–H and O–H groups in total. The molecule has 0 radical (unpaired) electrons. The summed E-state index contributed by atoms with van der Waals surface area (Å²) in [4.78, 5) is 22.8. The maximum atomic E-state index is 12.9. The summed E-state index contributed by atoms with van der Waals surface area (Å²) >= 11 is 0.759. The molecule has 0 bridgehead atoms. The smallest absolute Gasteiger partial charge is 0.416 e. The van der Waals surface area contributed by atoms with Crippen LogP contribution in [-0.4, -0.2) is 17.8 Å². The Hall–Kier alpha value is -2.15. The molecule has 1 unspecified atom stereocenters. The number of ketones is 1. The van der Waals surface area contributed by atoms with Gasteiger partial charge in [-0.3, -0.25) is 19.4 Å². The normalized spacial score (nSPS) is 15.5. The van der Waals surface area contributed by atoms with Gasteiger partial charge in [-0.25, -0.2) is 4.57 Å². The monoisotopic (exact) mass is 379 g/mol. The quantitative estimate of drug-likeness (QED) is 0.409. The van der Waals surface area contributed by atoms with Gasteiger partial charge in [0.1, 0.15) is 5.75 Å². The van der Waals surface area contributed by atoms with Gasteiger partial charge in [-0.05, 0) is 24.1 Å². The minimum absolute atomic E-state index is 0.0615. The molecular weight excluding hydrogens is 365 g/mol. The van der Waals surface area contributed by atoms with Crippen molar-refractivity contribution in [3.63, 3.8) is 0 Å². The lowest BCUT2D eigenvalue weighted by Crippen LogP contribution is -1.99. The van der Waals surface area contributed by atoms with Crippen molar-refractivity contribution < 1.29 is 23.3 Å². The van der Waals surface area contributed by atoms with Gasteiger partial charge in [-0.15, -0.1) is 0 Å². The van der Waals surface area contributed by atoms with E-state index in [-0.39, 0.29) is 17.2 Å². The van der Waals surface area contributed by atoms with Crippen LogP contribution in [0, 0.1) is 10.1 Å². The van der Waals surface area contributed by atoms with E-state index in [9.17, 15) is 19.5 Å². The van der Waals surface area contributed by atoms with E-state index in [1.54, 1.807) is 18.2 Å². The SMILES string of the molecule is COP(=O)(Oc1cccc2c1C(=O)CC2)Sc1cccc([N+](=O)[O-])c1. The van der Waals surface area contributed by atoms with E-state index in [0.29, 0.717) is 23.3 Å². The van der Waals surface area contributed by atoms with E-state index in [4.69, 9.17) is 9.05 Å². The fourth-order valence-electron chi connectivity index (χ4n) is 2.55. The number of Topliss-reactive ketones (excluding diaryl/α,β-unsaturated/α-hetero) is 1. The number of nitro benzene ring substituents is 1. The number of benzene rings is 2. The fraction of sp³-hybridized carbons (Fsp3) is 0.188. The van der Waals surface area contributed by atoms with Crippen molar-refractivity contribution >= 4 is 29.6 Å². The second-order valence-electron chi connectivity index (χ2n) is 5.28. The Morgan fingerprint density at radius 1 is 1.20 bits per heavy atom. The summed E-state index contributed by atoms with van der Waals surface area (Å²) in [6.45, 7) is -3.71. The molecule has 1 aliphatic rings. The zero-order chi connectivity index (χ0) is 18.0. The average molecular weight is 379 g/mol. The van der Waals surface area contributed by atoms with Gasteiger partial charge >= 0.3 is 6.80 Å². The summed E-state index contributed by atoms with van der Waals surface area (Å²) in [5.41, 5.74) is 1.16. The summed E-state index contributed by atoms with van der Waals surface area (Å²) in [7, 11) is 1.23. The van der Waals surface area contributed by atoms with E-state index < -0.39 is 11.7 Å². The van der Waals surface area contributed by atoms with Crippen LogP contribution in [0.2, 0.25) is 0 Å². The molecule has 0 fully saturated rings. The highest BCUT2D eigenvalue weighted by Gasteiger charge is 2.32. The first-order valence-corrected chi connectivity index (χ1v) is 10.3. The summed E-state index contributed by atoms with van der Waals surface area (Å²) in [5.74, 6) is 0.150. The maximum absolute atomic E-state index is 12.9. The Kier molecular flexibility index (Phi) is 4.94. The first-order chi connectivity index (χ1) is 11.9. The van der Waals surface area contributed by atoms with Crippen LogP contribution in [-0.2, 0) is 15.5 Å². The molecular formula is C16H14NO6PS. The molecule has 3 rings (SSSR count). The number of aryl methyl sites for hydroxylation is 1. The summed E-state index contributed by atoms with van der Waals surface area (Å²) < 4.78 is 23.6. The molecule has 130 valence electrons. The van der Waals surface area contributed by atoms with Crippen molar-refractivity contribution in [2.75, 3.05) is 7.11 Å². The van der Waals surface area contributed by atoms with Crippen molar-refractivity contribution in [1.82, 2.24) is 0 Å². The maximum Gasteiger partial charge on any atom is 0.444 e. The molecule has 0 aliphatic heterocycles. The second-order valence-corrected chi connectivity index (χ2v) is 9.27. The lowest BCUT2D eigenvalue weighted by atomic mass is 10.1. The van der Waals surface area contributed by atoms with Gasteiger partial charge in [0.05, 0.1) is 10.5 Å². The number of carbonyl (C=O) groups excluding carboxylic acids is 1. The third kappa shape index (κ3) is 3.76. The van der Waals surface area contributed by atoms with Crippen LogP contribution in [0.5, 0.6) is 5.75 Å². The standard InChI is InChI=1S/C16H14NO6PS/c1-22-24(21,25-13-6-3-5-12(10-13)17(19)20)23-15-7-2-4-11-8-9-14(18)16(11)15/h2-7,10H,8-9H2,1H3. The second kappa shape index (κ2) is 7.00. The highest BCUT2D eigenvalue weighted by Crippen LogP contribution is 2.63. The van der Waals surface area contributed by atoms with Gasteiger partial charge < -0.3 is 4.52 Å². The highest BCUT2D eigenvalue weighted by atomic mass is 32.7. The Balaban J connectivity index is 1.89. The summed E-state index contributed by atoms with van der Waals surface area (Å²) in [6.07, 6.45) is 1.02. The number of hydrogen-bond donors (Lipinski definition) is 0. The Labute approximate surface area is 147 Å². The minimum Gasteiger partial charge on any atom is -0.416 e.